The van der Waals surface area contributed by atoms with Gasteiger partial charge in [0, 0.05) is 31.9 Å². The van der Waals surface area contributed by atoms with Crippen LogP contribution in [0, 0.1) is 5.82 Å². The summed E-state index contributed by atoms with van der Waals surface area (Å²) in [5.74, 6) is 0.0785. The van der Waals surface area contributed by atoms with Gasteiger partial charge in [-0.3, -0.25) is 4.68 Å². The fourth-order valence-electron chi connectivity index (χ4n) is 1.82. The first-order chi connectivity index (χ1) is 9.10. The number of halogens is 1. The number of nitrogens with two attached hydrogens (primary N) is 1. The van der Waals surface area contributed by atoms with Gasteiger partial charge >= 0.3 is 0 Å². The highest BCUT2D eigenvalue weighted by Crippen LogP contribution is 2.28. The lowest BCUT2D eigenvalue weighted by atomic mass is 10.2. The Morgan fingerprint density at radius 3 is 2.89 bits per heavy atom. The molecule has 0 aliphatic rings. The average Bonchev–Trinajstić information content (AvgIpc) is 2.78. The molecule has 1 aromatic heterocycles. The summed E-state index contributed by atoms with van der Waals surface area (Å²) in [6, 6.07) is 2.82. The first-order valence-electron chi connectivity index (χ1n) is 5.94. The zero-order chi connectivity index (χ0) is 13.8. The second kappa shape index (κ2) is 5.60. The average molecular weight is 264 g/mol. The first kappa shape index (κ1) is 13.2. The molecule has 0 unspecified atom stereocenters. The Balaban J connectivity index is 1.99. The Labute approximate surface area is 111 Å². The van der Waals surface area contributed by atoms with E-state index in [-0.39, 0.29) is 11.5 Å². The fraction of sp³-hybridized carbons (Fsp3) is 0.308. The summed E-state index contributed by atoms with van der Waals surface area (Å²) in [5, 5.41) is 7.10. The molecule has 1 heterocycles. The van der Waals surface area contributed by atoms with Crippen LogP contribution >= 0.6 is 0 Å². The molecule has 0 aliphatic heterocycles. The Morgan fingerprint density at radius 1 is 1.47 bits per heavy atom. The van der Waals surface area contributed by atoms with Crippen LogP contribution in [0.3, 0.4) is 0 Å². The van der Waals surface area contributed by atoms with Crippen molar-refractivity contribution in [3.63, 3.8) is 0 Å². The molecule has 2 rings (SSSR count). The molecule has 0 saturated heterocycles. The molecule has 1 aromatic carbocycles. The number of aryl methyl sites for hydroxylation is 1. The molecule has 3 N–H and O–H groups in total. The Morgan fingerprint density at radius 2 is 2.26 bits per heavy atom. The molecule has 0 bridgehead atoms. The minimum atomic E-state index is -0.385. The fourth-order valence-corrected chi connectivity index (χ4v) is 1.82. The molecule has 2 aromatic rings. The minimum Gasteiger partial charge on any atom is -0.495 e. The Bertz CT molecular complexity index is 568. The maximum Gasteiger partial charge on any atom is 0.148 e. The number of ether oxygens (including phenoxy) is 1. The van der Waals surface area contributed by atoms with Gasteiger partial charge in [0.15, 0.2) is 0 Å². The number of nitrogens with one attached hydrogen (secondary N) is 1. The molecule has 0 aliphatic carbocycles. The quantitative estimate of drug-likeness (QED) is 0.808. The van der Waals surface area contributed by atoms with E-state index in [0.29, 0.717) is 18.0 Å². The van der Waals surface area contributed by atoms with Gasteiger partial charge < -0.3 is 15.8 Å². The minimum absolute atomic E-state index is 0.290. The number of nitrogen functional groups attached to an aromatic ring is 1. The second-order valence-corrected chi connectivity index (χ2v) is 4.27. The second-order valence-electron chi connectivity index (χ2n) is 4.27. The summed E-state index contributed by atoms with van der Waals surface area (Å²) in [5.41, 5.74) is 7.39. The van der Waals surface area contributed by atoms with Crippen molar-refractivity contribution in [2.24, 2.45) is 7.05 Å². The summed E-state index contributed by atoms with van der Waals surface area (Å²) >= 11 is 0. The third kappa shape index (κ3) is 3.15. The highest BCUT2D eigenvalue weighted by Gasteiger charge is 2.08. The molecule has 102 valence electrons. The highest BCUT2D eigenvalue weighted by atomic mass is 19.1. The van der Waals surface area contributed by atoms with Crippen LogP contribution in [0.4, 0.5) is 15.8 Å². The van der Waals surface area contributed by atoms with Gasteiger partial charge in [0.1, 0.15) is 11.6 Å². The topological polar surface area (TPSA) is 65.1 Å². The molecule has 5 nitrogen and oxygen atoms in total. The number of nitrogens with zero attached hydrogens (tertiary/aromatic N) is 2. The van der Waals surface area contributed by atoms with E-state index in [1.54, 1.807) is 16.9 Å². The number of rotatable bonds is 5. The van der Waals surface area contributed by atoms with Gasteiger partial charge in [0.05, 0.1) is 24.7 Å². The summed E-state index contributed by atoms with van der Waals surface area (Å²) in [6.07, 6.45) is 4.49. The normalized spacial score (nSPS) is 10.5. The summed E-state index contributed by atoms with van der Waals surface area (Å²) in [6.45, 7) is 0.607. The lowest BCUT2D eigenvalue weighted by Gasteiger charge is -2.10. The predicted octanol–water partition coefficient (Wildman–Crippen LogP) is 1.80. The van der Waals surface area contributed by atoms with Crippen LogP contribution in [-0.2, 0) is 13.5 Å². The molecule has 0 amide bonds. The molecular weight excluding hydrogens is 247 g/mol. The molecule has 0 saturated carbocycles. The van der Waals surface area contributed by atoms with Crippen molar-refractivity contribution in [2.75, 3.05) is 24.7 Å². The number of aromatic nitrogens is 2. The van der Waals surface area contributed by atoms with Crippen LogP contribution < -0.4 is 15.8 Å². The molecule has 0 fully saturated rings. The van der Waals surface area contributed by atoms with Crippen LogP contribution in [0.5, 0.6) is 5.75 Å². The van der Waals surface area contributed by atoms with E-state index in [0.717, 1.165) is 12.0 Å². The van der Waals surface area contributed by atoms with E-state index in [1.165, 1.54) is 13.2 Å². The lowest BCUT2D eigenvalue weighted by molar-refractivity contribution is 0.416. The smallest absolute Gasteiger partial charge is 0.148 e. The SMILES string of the molecule is COc1cc(NCCc2cnn(C)c2)c(F)cc1N. The highest BCUT2D eigenvalue weighted by molar-refractivity contribution is 5.62. The van der Waals surface area contributed by atoms with Gasteiger partial charge in [-0.25, -0.2) is 4.39 Å². The molecule has 19 heavy (non-hydrogen) atoms. The van der Waals surface area contributed by atoms with Crippen molar-refractivity contribution >= 4 is 11.4 Å². The number of hydrogen-bond acceptors (Lipinski definition) is 4. The molecule has 0 spiro atoms. The summed E-state index contributed by atoms with van der Waals surface area (Å²) < 4.78 is 20.5. The number of hydrogen-bond donors (Lipinski definition) is 2. The summed E-state index contributed by atoms with van der Waals surface area (Å²) in [7, 11) is 3.37. The Kier molecular flexibility index (Phi) is 3.89. The van der Waals surface area contributed by atoms with Crippen LogP contribution in [0.2, 0.25) is 0 Å². The van der Waals surface area contributed by atoms with E-state index in [4.69, 9.17) is 10.5 Å². The largest absolute Gasteiger partial charge is 0.495 e. The van der Waals surface area contributed by atoms with Crippen molar-refractivity contribution < 1.29 is 9.13 Å². The molecular formula is C13H17FN4O. The number of benzene rings is 1. The van der Waals surface area contributed by atoms with Crippen molar-refractivity contribution in [3.8, 4) is 5.75 Å². The van der Waals surface area contributed by atoms with Crippen LogP contribution in [-0.4, -0.2) is 23.4 Å². The van der Waals surface area contributed by atoms with E-state index >= 15 is 0 Å². The van der Waals surface area contributed by atoms with E-state index in [2.05, 4.69) is 10.4 Å². The molecule has 6 heteroatoms. The van der Waals surface area contributed by atoms with Gasteiger partial charge in [0.2, 0.25) is 0 Å². The lowest BCUT2D eigenvalue weighted by Crippen LogP contribution is -2.07. The Hall–Kier alpha value is -2.24. The van der Waals surface area contributed by atoms with E-state index in [1.807, 2.05) is 13.2 Å². The molecule has 0 atom stereocenters. The van der Waals surface area contributed by atoms with Crippen molar-refractivity contribution in [3.05, 3.63) is 35.9 Å². The number of methoxy groups -OCH3 is 1. The third-order valence-corrected chi connectivity index (χ3v) is 2.81. The van der Waals surface area contributed by atoms with Crippen molar-refractivity contribution in [1.82, 2.24) is 9.78 Å². The third-order valence-electron chi connectivity index (χ3n) is 2.81. The monoisotopic (exact) mass is 264 g/mol. The standard InChI is InChI=1S/C13H17FN4O/c1-18-8-9(7-17-18)3-4-16-12-6-13(19-2)11(15)5-10(12)14/h5-8,16H,3-4,15H2,1-2H3. The van der Waals surface area contributed by atoms with Gasteiger partial charge in [-0.15, -0.1) is 0 Å². The van der Waals surface area contributed by atoms with Crippen molar-refractivity contribution in [1.29, 1.82) is 0 Å². The summed E-state index contributed by atoms with van der Waals surface area (Å²) in [4.78, 5) is 0. The van der Waals surface area contributed by atoms with Gasteiger partial charge in [-0.1, -0.05) is 0 Å². The van der Waals surface area contributed by atoms with Gasteiger partial charge in [-0.2, -0.15) is 5.10 Å². The maximum atomic E-state index is 13.7. The molecule has 0 radical (unpaired) electrons. The van der Waals surface area contributed by atoms with E-state index < -0.39 is 0 Å². The zero-order valence-electron chi connectivity index (χ0n) is 11.0. The maximum absolute atomic E-state index is 13.7. The van der Waals surface area contributed by atoms with E-state index in [9.17, 15) is 4.39 Å². The first-order valence-corrected chi connectivity index (χ1v) is 5.94. The predicted molar refractivity (Wildman–Crippen MR) is 72.8 cm³/mol. The zero-order valence-corrected chi connectivity index (χ0v) is 11.0. The van der Waals surface area contributed by atoms with Crippen LogP contribution in [0.15, 0.2) is 24.5 Å². The van der Waals surface area contributed by atoms with Gasteiger partial charge in [-0.05, 0) is 12.0 Å². The number of anilines is 2. The van der Waals surface area contributed by atoms with Crippen LogP contribution in [0.1, 0.15) is 5.56 Å². The van der Waals surface area contributed by atoms with Crippen molar-refractivity contribution in [2.45, 2.75) is 6.42 Å². The van der Waals surface area contributed by atoms with Crippen LogP contribution in [0.25, 0.3) is 0 Å². The van der Waals surface area contributed by atoms with Gasteiger partial charge in [0.25, 0.3) is 0 Å².